The highest BCUT2D eigenvalue weighted by Gasteiger charge is 2.46. The Labute approximate surface area is 226 Å². The van der Waals surface area contributed by atoms with E-state index in [4.69, 9.17) is 15.6 Å². The van der Waals surface area contributed by atoms with Gasteiger partial charge in [0, 0.05) is 29.0 Å². The number of nitrogens with two attached hydrogens (primary N) is 1. The Morgan fingerprint density at radius 1 is 1.10 bits per heavy atom. The molecule has 0 unspecified atom stereocenters. The summed E-state index contributed by atoms with van der Waals surface area (Å²) in [6.45, 7) is 0. The summed E-state index contributed by atoms with van der Waals surface area (Å²) >= 11 is 1.15. The van der Waals surface area contributed by atoms with E-state index in [1.54, 1.807) is 40.5 Å². The summed E-state index contributed by atoms with van der Waals surface area (Å²) in [5, 5.41) is 15.8. The van der Waals surface area contributed by atoms with Crippen molar-refractivity contribution in [3.8, 4) is 22.4 Å². The number of hydrogen-bond acceptors (Lipinski definition) is 6. The van der Waals surface area contributed by atoms with Crippen LogP contribution in [0.5, 0.6) is 0 Å². The topological polar surface area (TPSA) is 123 Å². The molecule has 3 aromatic heterocycles. The Hall–Kier alpha value is -3.98. The van der Waals surface area contributed by atoms with Crippen LogP contribution in [-0.2, 0) is 4.79 Å². The van der Waals surface area contributed by atoms with E-state index < -0.39 is 36.1 Å². The standard InChI is InChI=1S/C23H20F3N5OS.C2HF3O2/c24-16-5-3-13(4-6-16)14-9-20-28-11-18(31(20)29-10-14)15-8-19(33-12-15)22(32)30-21-17(27)2-1-7-23(21,25)26;3-2(4,5)1(6)7/h3-6,8-12,17,21H,1-2,7,27H2,(H,30,32);(H,6,7)/t17-,21-;/m1./s1. The van der Waals surface area contributed by atoms with E-state index in [9.17, 15) is 31.1 Å². The largest absolute Gasteiger partial charge is 0.490 e. The monoisotopic (exact) mass is 585 g/mol. The molecular weight excluding hydrogens is 564 g/mol. The number of carbonyl (C=O) groups excluding carboxylic acids is 1. The molecule has 1 amide bonds. The van der Waals surface area contributed by atoms with Crippen LogP contribution in [0.1, 0.15) is 28.9 Å². The molecule has 3 heterocycles. The number of aliphatic carboxylic acids is 1. The number of alkyl halides is 5. The van der Waals surface area contributed by atoms with Crippen molar-refractivity contribution < 1.29 is 41.0 Å². The molecule has 1 aliphatic carbocycles. The quantitative estimate of drug-likeness (QED) is 0.285. The van der Waals surface area contributed by atoms with Crippen LogP contribution in [0.2, 0.25) is 0 Å². The zero-order valence-corrected chi connectivity index (χ0v) is 21.1. The smallest absolute Gasteiger partial charge is 0.475 e. The van der Waals surface area contributed by atoms with E-state index in [0.717, 1.165) is 22.5 Å². The fourth-order valence-corrected chi connectivity index (χ4v) is 4.90. The molecule has 1 aromatic carbocycles. The normalized spacial score (nSPS) is 18.6. The maximum Gasteiger partial charge on any atom is 0.490 e. The zero-order valence-electron chi connectivity index (χ0n) is 20.3. The van der Waals surface area contributed by atoms with E-state index in [1.807, 2.05) is 6.07 Å². The molecule has 15 heteroatoms. The number of nitrogens with zero attached hydrogens (tertiary/aromatic N) is 3. The van der Waals surface area contributed by atoms with Crippen LogP contribution in [0.25, 0.3) is 28.0 Å². The summed E-state index contributed by atoms with van der Waals surface area (Å²) in [4.78, 5) is 26.3. The van der Waals surface area contributed by atoms with Crippen LogP contribution in [0.4, 0.5) is 26.3 Å². The van der Waals surface area contributed by atoms with Gasteiger partial charge in [-0.3, -0.25) is 4.79 Å². The van der Waals surface area contributed by atoms with Gasteiger partial charge in [-0.15, -0.1) is 11.3 Å². The minimum absolute atomic E-state index is 0.283. The van der Waals surface area contributed by atoms with Gasteiger partial charge in [-0.05, 0) is 42.7 Å². The number of nitrogens with one attached hydrogen (secondary N) is 1. The molecule has 1 saturated carbocycles. The number of aromatic nitrogens is 3. The second kappa shape index (κ2) is 11.3. The van der Waals surface area contributed by atoms with E-state index >= 15 is 0 Å². The summed E-state index contributed by atoms with van der Waals surface area (Å²) in [6.07, 6.45) is -1.30. The molecule has 2 atom stereocenters. The van der Waals surface area contributed by atoms with Crippen LogP contribution in [-0.4, -0.2) is 55.8 Å². The van der Waals surface area contributed by atoms with E-state index in [-0.39, 0.29) is 12.2 Å². The van der Waals surface area contributed by atoms with Gasteiger partial charge in [0.2, 0.25) is 0 Å². The number of fused-ring (bicyclic) bond motifs is 1. The van der Waals surface area contributed by atoms with Crippen LogP contribution in [0.15, 0.2) is 54.2 Å². The second-order valence-electron chi connectivity index (χ2n) is 8.94. The summed E-state index contributed by atoms with van der Waals surface area (Å²) in [6, 6.07) is 7.38. The molecule has 4 N–H and O–H groups in total. The van der Waals surface area contributed by atoms with Crippen LogP contribution >= 0.6 is 11.3 Å². The van der Waals surface area contributed by atoms with Crippen molar-refractivity contribution in [1.82, 2.24) is 19.9 Å². The molecule has 1 aliphatic rings. The second-order valence-corrected chi connectivity index (χ2v) is 9.85. The zero-order chi connectivity index (χ0) is 29.2. The van der Waals surface area contributed by atoms with Crippen molar-refractivity contribution in [3.63, 3.8) is 0 Å². The number of imidazole rings is 1. The van der Waals surface area contributed by atoms with Gasteiger partial charge in [-0.1, -0.05) is 12.1 Å². The van der Waals surface area contributed by atoms with Crippen molar-refractivity contribution >= 4 is 28.9 Å². The first kappa shape index (κ1) is 29.0. The molecule has 0 spiro atoms. The first-order chi connectivity index (χ1) is 18.8. The van der Waals surface area contributed by atoms with Gasteiger partial charge in [-0.25, -0.2) is 27.5 Å². The third-order valence-electron chi connectivity index (χ3n) is 6.12. The predicted molar refractivity (Wildman–Crippen MR) is 133 cm³/mol. The minimum atomic E-state index is -5.08. The molecule has 1 fully saturated rings. The fraction of sp³-hybridized carbons (Fsp3) is 0.280. The average Bonchev–Trinajstić information content (AvgIpc) is 3.53. The Morgan fingerprint density at radius 2 is 1.77 bits per heavy atom. The van der Waals surface area contributed by atoms with Gasteiger partial charge in [0.05, 0.1) is 23.0 Å². The lowest BCUT2D eigenvalue weighted by molar-refractivity contribution is -0.192. The third kappa shape index (κ3) is 6.42. The average molecular weight is 586 g/mol. The van der Waals surface area contributed by atoms with Crippen molar-refractivity contribution in [2.75, 3.05) is 0 Å². The lowest BCUT2D eigenvalue weighted by Gasteiger charge is -2.36. The Balaban J connectivity index is 0.000000470. The molecule has 212 valence electrons. The number of rotatable bonds is 4. The Kier molecular flexibility index (Phi) is 8.16. The van der Waals surface area contributed by atoms with Crippen molar-refractivity contribution in [3.05, 3.63) is 64.9 Å². The summed E-state index contributed by atoms with van der Waals surface area (Å²) in [5.41, 5.74) is 9.39. The molecule has 0 bridgehead atoms. The maximum absolute atomic E-state index is 14.2. The Bertz CT molecular complexity index is 1520. The molecule has 0 aliphatic heterocycles. The van der Waals surface area contributed by atoms with Crippen LogP contribution in [0.3, 0.4) is 0 Å². The number of amides is 1. The number of hydrogen-bond donors (Lipinski definition) is 3. The number of thiophene rings is 1. The molecule has 5 rings (SSSR count). The van der Waals surface area contributed by atoms with Gasteiger partial charge in [0.1, 0.15) is 11.9 Å². The van der Waals surface area contributed by atoms with Gasteiger partial charge < -0.3 is 16.2 Å². The molecule has 40 heavy (non-hydrogen) atoms. The number of halogens is 6. The number of benzene rings is 1. The summed E-state index contributed by atoms with van der Waals surface area (Å²) < 4.78 is 75.0. The summed E-state index contributed by atoms with van der Waals surface area (Å²) in [5.74, 6) is -6.68. The Morgan fingerprint density at radius 3 is 2.40 bits per heavy atom. The SMILES string of the molecule is N[C@@H]1CCCC(F)(F)[C@@H]1NC(=O)c1cc(-c2cnc3cc(-c4ccc(F)cc4)cnn23)cs1.O=C(O)C(F)(F)F. The number of carboxylic acid groups (broad SMARTS) is 1. The highest BCUT2D eigenvalue weighted by Crippen LogP contribution is 2.34. The van der Waals surface area contributed by atoms with Gasteiger partial charge in [0.15, 0.2) is 5.65 Å². The lowest BCUT2D eigenvalue weighted by Crippen LogP contribution is -2.59. The van der Waals surface area contributed by atoms with Gasteiger partial charge >= 0.3 is 12.1 Å². The van der Waals surface area contributed by atoms with E-state index in [1.165, 1.54) is 12.1 Å². The van der Waals surface area contributed by atoms with Gasteiger partial charge in [-0.2, -0.15) is 18.3 Å². The summed E-state index contributed by atoms with van der Waals surface area (Å²) in [7, 11) is 0. The van der Waals surface area contributed by atoms with Crippen molar-refractivity contribution in [1.29, 1.82) is 0 Å². The van der Waals surface area contributed by atoms with Crippen molar-refractivity contribution in [2.45, 2.75) is 43.4 Å². The molecular formula is C25H21F6N5O3S. The lowest BCUT2D eigenvalue weighted by atomic mass is 9.87. The van der Waals surface area contributed by atoms with Crippen LogP contribution in [0, 0.1) is 5.82 Å². The fourth-order valence-electron chi connectivity index (χ4n) is 4.10. The molecule has 0 radical (unpaired) electrons. The van der Waals surface area contributed by atoms with Gasteiger partial charge in [0.25, 0.3) is 11.8 Å². The molecule has 8 nitrogen and oxygen atoms in total. The molecule has 0 saturated heterocycles. The first-order valence-corrected chi connectivity index (χ1v) is 12.6. The van der Waals surface area contributed by atoms with Crippen molar-refractivity contribution in [2.24, 2.45) is 5.73 Å². The van der Waals surface area contributed by atoms with E-state index in [0.29, 0.717) is 34.6 Å². The minimum Gasteiger partial charge on any atom is -0.475 e. The van der Waals surface area contributed by atoms with E-state index in [2.05, 4.69) is 15.4 Å². The third-order valence-corrected chi connectivity index (χ3v) is 7.05. The first-order valence-electron chi connectivity index (χ1n) is 11.7. The highest BCUT2D eigenvalue weighted by atomic mass is 32.1. The predicted octanol–water partition coefficient (Wildman–Crippen LogP) is 5.14. The highest BCUT2D eigenvalue weighted by molar-refractivity contribution is 7.12. The van der Waals surface area contributed by atoms with Crippen LogP contribution < -0.4 is 11.1 Å². The number of carbonyl (C=O) groups is 2. The maximum atomic E-state index is 14.2. The number of carboxylic acids is 1. The molecule has 4 aromatic rings.